The summed E-state index contributed by atoms with van der Waals surface area (Å²) in [4.78, 5) is 12.8. The summed E-state index contributed by atoms with van der Waals surface area (Å²) >= 11 is 0. The second-order valence-electron chi connectivity index (χ2n) is 6.18. The van der Waals surface area contributed by atoms with Crippen molar-refractivity contribution in [3.63, 3.8) is 0 Å². The largest absolute Gasteiger partial charge is 0.325 e. The quantitative estimate of drug-likeness (QED) is 0.782. The van der Waals surface area contributed by atoms with Crippen LogP contribution in [0.5, 0.6) is 0 Å². The molecule has 0 unspecified atom stereocenters. The molecule has 0 spiro atoms. The van der Waals surface area contributed by atoms with Gasteiger partial charge >= 0.3 is 0 Å². The molecule has 1 aromatic carbocycles. The fourth-order valence-corrected chi connectivity index (χ4v) is 4.39. The number of tetrazole rings is 1. The van der Waals surface area contributed by atoms with E-state index in [0.717, 1.165) is 11.8 Å². The van der Waals surface area contributed by atoms with Crippen LogP contribution in [0.4, 0.5) is 5.69 Å². The number of benzene rings is 1. The number of hydrogen-bond acceptors (Lipinski definition) is 7. The van der Waals surface area contributed by atoms with E-state index < -0.39 is 20.5 Å². The molecule has 9 nitrogen and oxygen atoms in total. The molecule has 0 atom stereocenters. The summed E-state index contributed by atoms with van der Waals surface area (Å²) < 4.78 is 24.8. The molecule has 1 amide bonds. The van der Waals surface area contributed by atoms with Gasteiger partial charge in [-0.1, -0.05) is 12.1 Å². The number of carbonyl (C=O) groups is 1. The van der Waals surface area contributed by atoms with Crippen LogP contribution in [0.25, 0.3) is 11.4 Å². The van der Waals surface area contributed by atoms with Crippen LogP contribution in [-0.2, 0) is 21.7 Å². The Morgan fingerprint density at radius 3 is 2.64 bits per heavy atom. The van der Waals surface area contributed by atoms with Crippen molar-refractivity contribution in [1.82, 2.24) is 25.5 Å². The van der Waals surface area contributed by atoms with E-state index in [-0.39, 0.29) is 12.8 Å². The summed E-state index contributed by atoms with van der Waals surface area (Å²) in [5.41, 5.74) is 1.23. The number of rotatable bonds is 4. The van der Waals surface area contributed by atoms with E-state index in [0.29, 0.717) is 24.6 Å². The molecule has 2 N–H and O–H groups in total. The van der Waals surface area contributed by atoms with Crippen molar-refractivity contribution in [1.29, 1.82) is 0 Å². The fraction of sp³-hybridized carbons (Fsp3) is 0.467. The minimum absolute atomic E-state index is 0.255. The Morgan fingerprint density at radius 1 is 1.32 bits per heavy atom. The highest BCUT2D eigenvalue weighted by Gasteiger charge is 2.48. The Labute approximate surface area is 145 Å². The van der Waals surface area contributed by atoms with Crippen molar-refractivity contribution in [3.05, 3.63) is 24.3 Å². The molecule has 1 aromatic heterocycles. The topological polar surface area (TPSA) is 119 Å². The van der Waals surface area contributed by atoms with E-state index in [1.165, 1.54) is 4.68 Å². The van der Waals surface area contributed by atoms with Crippen molar-refractivity contribution in [2.45, 2.75) is 17.6 Å². The average Bonchev–Trinajstić information content (AvgIpc) is 3.01. The van der Waals surface area contributed by atoms with Crippen molar-refractivity contribution in [2.24, 2.45) is 7.05 Å². The predicted molar refractivity (Wildman–Crippen MR) is 92.5 cm³/mol. The first-order chi connectivity index (χ1) is 11.8. The predicted octanol–water partition coefficient (Wildman–Crippen LogP) is -0.0176. The molecule has 1 saturated heterocycles. The van der Waals surface area contributed by atoms with E-state index in [9.17, 15) is 13.2 Å². The number of nitrogens with one attached hydrogen (secondary N) is 2. The minimum atomic E-state index is -3.56. The molecule has 25 heavy (non-hydrogen) atoms. The second-order valence-corrected chi connectivity index (χ2v) is 8.50. The molecule has 10 heteroatoms. The zero-order valence-corrected chi connectivity index (χ0v) is 14.9. The third-order valence-electron chi connectivity index (χ3n) is 4.53. The standard InChI is InChI=1S/C15H20N6O3S/c1-21-13(18-19-20-21)11-4-3-5-12(10-11)17-14(22)15(25(2,23)24)6-8-16-9-7-15/h3-5,10,16H,6-9H2,1-2H3,(H,17,22). The Bertz CT molecular complexity index is 886. The maximum Gasteiger partial charge on any atom is 0.245 e. The maximum absolute atomic E-state index is 12.8. The molecular weight excluding hydrogens is 344 g/mol. The molecular formula is C15H20N6O3S. The first kappa shape index (κ1) is 17.5. The van der Waals surface area contributed by atoms with Crippen LogP contribution in [-0.4, -0.2) is 58.6 Å². The van der Waals surface area contributed by atoms with Gasteiger partial charge in [0.1, 0.15) is 0 Å². The van der Waals surface area contributed by atoms with Crippen LogP contribution in [0.15, 0.2) is 24.3 Å². The summed E-state index contributed by atoms with van der Waals surface area (Å²) in [7, 11) is -1.84. The summed E-state index contributed by atoms with van der Waals surface area (Å²) in [6.07, 6.45) is 1.63. The highest BCUT2D eigenvalue weighted by Crippen LogP contribution is 2.30. The first-order valence-electron chi connectivity index (χ1n) is 7.88. The van der Waals surface area contributed by atoms with Crippen LogP contribution in [0.1, 0.15) is 12.8 Å². The summed E-state index contributed by atoms with van der Waals surface area (Å²) in [5.74, 6) is 0.0560. The van der Waals surface area contributed by atoms with Gasteiger partial charge in [0.05, 0.1) is 0 Å². The average molecular weight is 364 g/mol. The molecule has 1 aliphatic rings. The van der Waals surface area contributed by atoms with Crippen LogP contribution in [0, 0.1) is 0 Å². The first-order valence-corrected chi connectivity index (χ1v) is 9.77. The lowest BCUT2D eigenvalue weighted by Gasteiger charge is -2.34. The normalized spacial score (nSPS) is 17.2. The van der Waals surface area contributed by atoms with Gasteiger partial charge in [-0.05, 0) is 48.5 Å². The Hall–Kier alpha value is -2.33. The van der Waals surface area contributed by atoms with Crippen LogP contribution in [0.3, 0.4) is 0 Å². The van der Waals surface area contributed by atoms with Crippen molar-refractivity contribution >= 4 is 21.4 Å². The number of amides is 1. The molecule has 0 radical (unpaired) electrons. The van der Waals surface area contributed by atoms with E-state index in [2.05, 4.69) is 26.2 Å². The maximum atomic E-state index is 12.8. The van der Waals surface area contributed by atoms with Crippen molar-refractivity contribution in [3.8, 4) is 11.4 Å². The third kappa shape index (κ3) is 3.27. The lowest BCUT2D eigenvalue weighted by Crippen LogP contribution is -2.55. The van der Waals surface area contributed by atoms with Crippen LogP contribution < -0.4 is 10.6 Å². The zero-order valence-electron chi connectivity index (χ0n) is 14.1. The van der Waals surface area contributed by atoms with Gasteiger partial charge in [0, 0.05) is 24.6 Å². The van der Waals surface area contributed by atoms with E-state index in [4.69, 9.17) is 0 Å². The Morgan fingerprint density at radius 2 is 2.04 bits per heavy atom. The van der Waals surface area contributed by atoms with E-state index >= 15 is 0 Å². The van der Waals surface area contributed by atoms with Gasteiger partial charge in [-0.15, -0.1) is 5.10 Å². The second kappa shape index (κ2) is 6.52. The smallest absolute Gasteiger partial charge is 0.245 e. The van der Waals surface area contributed by atoms with Gasteiger partial charge in [-0.25, -0.2) is 13.1 Å². The Kier molecular flexibility index (Phi) is 4.56. The number of aromatic nitrogens is 4. The molecule has 134 valence electrons. The molecule has 0 saturated carbocycles. The molecule has 1 fully saturated rings. The summed E-state index contributed by atoms with van der Waals surface area (Å²) in [5, 5.41) is 17.2. The lowest BCUT2D eigenvalue weighted by atomic mass is 9.95. The number of aryl methyl sites for hydroxylation is 1. The lowest BCUT2D eigenvalue weighted by molar-refractivity contribution is -0.119. The minimum Gasteiger partial charge on any atom is -0.325 e. The molecule has 0 aliphatic carbocycles. The SMILES string of the molecule is Cn1nnnc1-c1cccc(NC(=O)C2(S(C)(=O)=O)CCNCC2)c1. The number of hydrogen-bond donors (Lipinski definition) is 2. The van der Waals surface area contributed by atoms with Crippen molar-refractivity contribution < 1.29 is 13.2 Å². The summed E-state index contributed by atoms with van der Waals surface area (Å²) in [6, 6.07) is 7.01. The van der Waals surface area contributed by atoms with Crippen molar-refractivity contribution in [2.75, 3.05) is 24.7 Å². The number of sulfone groups is 1. The van der Waals surface area contributed by atoms with Gasteiger partial charge in [0.2, 0.25) is 5.91 Å². The van der Waals surface area contributed by atoms with Crippen LogP contribution in [0.2, 0.25) is 0 Å². The number of anilines is 1. The molecule has 1 aliphatic heterocycles. The number of piperidine rings is 1. The Balaban J connectivity index is 1.89. The third-order valence-corrected chi connectivity index (χ3v) is 6.55. The fourth-order valence-electron chi connectivity index (χ4n) is 3.05. The van der Waals surface area contributed by atoms with E-state index in [1.807, 2.05) is 6.07 Å². The van der Waals surface area contributed by atoms with Gasteiger partial charge in [0.15, 0.2) is 20.4 Å². The number of nitrogens with zero attached hydrogens (tertiary/aromatic N) is 4. The molecule has 2 heterocycles. The monoisotopic (exact) mass is 364 g/mol. The zero-order chi connectivity index (χ0) is 18.1. The highest BCUT2D eigenvalue weighted by molar-refractivity contribution is 7.92. The molecule has 3 rings (SSSR count). The van der Waals surface area contributed by atoms with Gasteiger partial charge in [-0.2, -0.15) is 0 Å². The van der Waals surface area contributed by atoms with Gasteiger partial charge in [0.25, 0.3) is 0 Å². The molecule has 2 aromatic rings. The summed E-state index contributed by atoms with van der Waals surface area (Å²) in [6.45, 7) is 0.982. The van der Waals surface area contributed by atoms with Gasteiger partial charge in [-0.3, -0.25) is 4.79 Å². The number of carbonyl (C=O) groups excluding carboxylic acids is 1. The van der Waals surface area contributed by atoms with E-state index in [1.54, 1.807) is 25.2 Å². The molecule has 0 bridgehead atoms. The van der Waals surface area contributed by atoms with Gasteiger partial charge < -0.3 is 10.6 Å². The van der Waals surface area contributed by atoms with Crippen LogP contribution >= 0.6 is 0 Å². The highest BCUT2D eigenvalue weighted by atomic mass is 32.2.